The fourth-order valence-corrected chi connectivity index (χ4v) is 0.637. The minimum atomic E-state index is 0.673. The third-order valence-corrected chi connectivity index (χ3v) is 1.27. The van der Waals surface area contributed by atoms with Crippen molar-refractivity contribution in [2.45, 2.75) is 6.92 Å². The summed E-state index contributed by atoms with van der Waals surface area (Å²) in [4.78, 5) is 0. The number of rotatable bonds is 6. The quantitative estimate of drug-likeness (QED) is 0.370. The van der Waals surface area contributed by atoms with E-state index in [9.17, 15) is 0 Å². The van der Waals surface area contributed by atoms with Crippen molar-refractivity contribution >= 4 is 0 Å². The van der Waals surface area contributed by atoms with Crippen LogP contribution in [0.5, 0.6) is 0 Å². The molecule has 0 saturated carbocycles. The molecule has 12 heavy (non-hydrogen) atoms. The van der Waals surface area contributed by atoms with Crippen LogP contribution in [0.25, 0.3) is 0 Å². The highest BCUT2D eigenvalue weighted by atomic mass is 16.5. The zero-order valence-electron chi connectivity index (χ0n) is 7.84. The van der Waals surface area contributed by atoms with Gasteiger partial charge in [0.1, 0.15) is 12.4 Å². The molecule has 0 fully saturated rings. The summed E-state index contributed by atoms with van der Waals surface area (Å²) in [6, 6.07) is 0. The molecule has 0 amide bonds. The maximum absolute atomic E-state index is 5.36. The highest BCUT2D eigenvalue weighted by molar-refractivity contribution is 5.15. The van der Waals surface area contributed by atoms with E-state index in [1.54, 1.807) is 6.08 Å². The Morgan fingerprint density at radius 3 is 2.83 bits per heavy atom. The lowest BCUT2D eigenvalue weighted by Crippen LogP contribution is -2.13. The lowest BCUT2D eigenvalue weighted by Gasteiger charge is -2.04. The van der Waals surface area contributed by atoms with E-state index < -0.39 is 0 Å². The van der Waals surface area contributed by atoms with Gasteiger partial charge in [0.15, 0.2) is 0 Å². The molecule has 0 aliphatic carbocycles. The summed E-state index contributed by atoms with van der Waals surface area (Å²) < 4.78 is 5.36. The molecule has 0 rings (SSSR count). The summed E-state index contributed by atoms with van der Waals surface area (Å²) in [5, 5.41) is 3.00. The van der Waals surface area contributed by atoms with Crippen LogP contribution in [0.15, 0.2) is 36.6 Å². The zero-order valence-corrected chi connectivity index (χ0v) is 7.84. The third kappa shape index (κ3) is 5.74. The number of ether oxygens (including phenoxy) is 1. The average molecular weight is 167 g/mol. The Balaban J connectivity index is 3.74. The van der Waals surface area contributed by atoms with Gasteiger partial charge in [0.25, 0.3) is 0 Å². The smallest absolute Gasteiger partial charge is 0.118 e. The Morgan fingerprint density at radius 1 is 1.58 bits per heavy atom. The number of nitrogens with one attached hydrogen (secondary N) is 1. The van der Waals surface area contributed by atoms with E-state index in [0.717, 1.165) is 12.3 Å². The van der Waals surface area contributed by atoms with Gasteiger partial charge in [0, 0.05) is 6.54 Å². The summed E-state index contributed by atoms with van der Waals surface area (Å²) >= 11 is 0. The molecule has 0 aromatic carbocycles. The molecule has 0 aromatic heterocycles. The number of hydrogen-bond acceptors (Lipinski definition) is 2. The topological polar surface area (TPSA) is 21.3 Å². The average Bonchev–Trinajstić information content (AvgIpc) is 2.11. The lowest BCUT2D eigenvalue weighted by atomic mass is 10.4. The van der Waals surface area contributed by atoms with Crippen LogP contribution in [0.1, 0.15) is 6.92 Å². The third-order valence-electron chi connectivity index (χ3n) is 1.27. The van der Waals surface area contributed by atoms with Gasteiger partial charge in [-0.05, 0) is 26.1 Å². The molecule has 0 saturated heterocycles. The summed E-state index contributed by atoms with van der Waals surface area (Å²) in [7, 11) is 1.90. The highest BCUT2D eigenvalue weighted by Crippen LogP contribution is 1.97. The Bertz CT molecular complexity index is 171. The van der Waals surface area contributed by atoms with Crippen molar-refractivity contribution in [2.75, 3.05) is 20.2 Å². The van der Waals surface area contributed by atoms with E-state index in [1.807, 2.05) is 32.2 Å². The maximum Gasteiger partial charge on any atom is 0.118 e. The highest BCUT2D eigenvalue weighted by Gasteiger charge is 1.88. The lowest BCUT2D eigenvalue weighted by molar-refractivity contribution is 0.227. The van der Waals surface area contributed by atoms with E-state index in [-0.39, 0.29) is 0 Å². The van der Waals surface area contributed by atoms with Gasteiger partial charge in [0.2, 0.25) is 0 Å². The molecular weight excluding hydrogens is 150 g/mol. The first-order valence-electron chi connectivity index (χ1n) is 4.08. The van der Waals surface area contributed by atoms with Crippen LogP contribution in [0.4, 0.5) is 0 Å². The number of allylic oxidation sites excluding steroid dienone is 4. The Kier molecular flexibility index (Phi) is 7.39. The molecular formula is C10H17NO. The zero-order chi connectivity index (χ0) is 9.23. The van der Waals surface area contributed by atoms with Crippen molar-refractivity contribution in [2.24, 2.45) is 0 Å². The molecule has 0 aliphatic rings. The van der Waals surface area contributed by atoms with Gasteiger partial charge >= 0.3 is 0 Å². The Labute approximate surface area is 74.6 Å². The molecule has 0 aromatic rings. The van der Waals surface area contributed by atoms with E-state index in [2.05, 4.69) is 11.9 Å². The summed E-state index contributed by atoms with van der Waals surface area (Å²) in [5.74, 6) is 0.809. The molecule has 0 atom stereocenters. The van der Waals surface area contributed by atoms with Crippen molar-refractivity contribution in [3.63, 3.8) is 0 Å². The molecule has 0 spiro atoms. The summed E-state index contributed by atoms with van der Waals surface area (Å²) in [6.07, 6.45) is 7.47. The van der Waals surface area contributed by atoms with E-state index in [0.29, 0.717) is 6.61 Å². The second-order valence-electron chi connectivity index (χ2n) is 2.25. The van der Waals surface area contributed by atoms with Crippen molar-refractivity contribution < 1.29 is 4.74 Å². The van der Waals surface area contributed by atoms with Gasteiger partial charge in [-0.3, -0.25) is 0 Å². The van der Waals surface area contributed by atoms with Crippen LogP contribution in [0.3, 0.4) is 0 Å². The molecule has 0 heterocycles. The monoisotopic (exact) mass is 167 g/mol. The minimum absolute atomic E-state index is 0.673. The Hall–Kier alpha value is -1.02. The first kappa shape index (κ1) is 11.0. The van der Waals surface area contributed by atoms with Gasteiger partial charge in [-0.1, -0.05) is 18.7 Å². The molecule has 0 radical (unpaired) electrons. The van der Waals surface area contributed by atoms with Crippen molar-refractivity contribution in [3.05, 3.63) is 36.6 Å². The maximum atomic E-state index is 5.36. The van der Waals surface area contributed by atoms with Crippen LogP contribution >= 0.6 is 0 Å². The molecule has 0 aliphatic heterocycles. The standard InChI is InChI=1S/C10H17NO/c1-4-6-7-10(5-2)12-9-8-11-3/h4-7,11H,2,8-9H2,1,3H3/b6-4-,10-7+. The van der Waals surface area contributed by atoms with Gasteiger partial charge in [0.05, 0.1) is 0 Å². The van der Waals surface area contributed by atoms with Crippen molar-refractivity contribution in [3.8, 4) is 0 Å². The normalized spacial score (nSPS) is 12.0. The Morgan fingerprint density at radius 2 is 2.33 bits per heavy atom. The van der Waals surface area contributed by atoms with Crippen LogP contribution in [0.2, 0.25) is 0 Å². The van der Waals surface area contributed by atoms with E-state index in [4.69, 9.17) is 4.74 Å². The molecule has 0 unspecified atom stereocenters. The first-order valence-corrected chi connectivity index (χ1v) is 4.08. The predicted molar refractivity (Wildman–Crippen MR) is 53.0 cm³/mol. The summed E-state index contributed by atoms with van der Waals surface area (Å²) in [5.41, 5.74) is 0. The van der Waals surface area contributed by atoms with Gasteiger partial charge in [-0.15, -0.1) is 0 Å². The fourth-order valence-electron chi connectivity index (χ4n) is 0.637. The summed E-state index contributed by atoms with van der Waals surface area (Å²) in [6.45, 7) is 7.13. The van der Waals surface area contributed by atoms with E-state index >= 15 is 0 Å². The fraction of sp³-hybridized carbons (Fsp3) is 0.400. The second kappa shape index (κ2) is 8.08. The molecule has 2 heteroatoms. The molecule has 1 N–H and O–H groups in total. The van der Waals surface area contributed by atoms with Crippen LogP contribution in [-0.2, 0) is 4.74 Å². The van der Waals surface area contributed by atoms with Crippen molar-refractivity contribution in [1.82, 2.24) is 5.32 Å². The molecule has 2 nitrogen and oxygen atoms in total. The molecule has 0 bridgehead atoms. The number of likely N-dealkylation sites (N-methyl/N-ethyl adjacent to an activating group) is 1. The largest absolute Gasteiger partial charge is 0.492 e. The van der Waals surface area contributed by atoms with Crippen LogP contribution in [-0.4, -0.2) is 20.2 Å². The first-order chi connectivity index (χ1) is 5.85. The number of hydrogen-bond donors (Lipinski definition) is 1. The minimum Gasteiger partial charge on any atom is -0.492 e. The van der Waals surface area contributed by atoms with Gasteiger partial charge in [-0.25, -0.2) is 0 Å². The van der Waals surface area contributed by atoms with Gasteiger partial charge in [-0.2, -0.15) is 0 Å². The van der Waals surface area contributed by atoms with Crippen LogP contribution in [0, 0.1) is 0 Å². The van der Waals surface area contributed by atoms with E-state index in [1.165, 1.54) is 0 Å². The predicted octanol–water partition coefficient (Wildman–Crippen LogP) is 1.87. The SMILES string of the molecule is C=C/C(=C\C=C/C)OCCNC. The second-order valence-corrected chi connectivity index (χ2v) is 2.25. The van der Waals surface area contributed by atoms with Crippen molar-refractivity contribution in [1.29, 1.82) is 0 Å². The van der Waals surface area contributed by atoms with Crippen LogP contribution < -0.4 is 5.32 Å². The van der Waals surface area contributed by atoms with Gasteiger partial charge < -0.3 is 10.1 Å². The molecule has 68 valence electrons.